The fraction of sp³-hybridized carbons (Fsp3) is 0.583. The molecule has 90 valence electrons. The topological polar surface area (TPSA) is 41.1 Å². The summed E-state index contributed by atoms with van der Waals surface area (Å²) < 4.78 is 0. The van der Waals surface area contributed by atoms with Crippen LogP contribution in [0.1, 0.15) is 25.8 Å². The van der Waals surface area contributed by atoms with Crippen LogP contribution >= 0.6 is 11.3 Å². The fourth-order valence-electron chi connectivity index (χ4n) is 1.39. The summed E-state index contributed by atoms with van der Waals surface area (Å²) in [7, 11) is 0. The average Bonchev–Trinajstić information content (AvgIpc) is 2.68. The van der Waals surface area contributed by atoms with Gasteiger partial charge in [-0.15, -0.1) is 0 Å². The van der Waals surface area contributed by atoms with E-state index < -0.39 is 0 Å². The third kappa shape index (κ3) is 5.88. The van der Waals surface area contributed by atoms with Crippen LogP contribution in [0.3, 0.4) is 0 Å². The summed E-state index contributed by atoms with van der Waals surface area (Å²) in [4.78, 5) is 11.3. The number of amides is 1. The summed E-state index contributed by atoms with van der Waals surface area (Å²) in [5, 5.41) is 10.4. The molecule has 16 heavy (non-hydrogen) atoms. The SMILES string of the molecule is CC(C)NC(=O)CCNCCc1ccsc1. The highest BCUT2D eigenvalue weighted by Gasteiger charge is 2.01. The van der Waals surface area contributed by atoms with E-state index >= 15 is 0 Å². The third-order valence-electron chi connectivity index (χ3n) is 2.15. The molecule has 1 aromatic rings. The van der Waals surface area contributed by atoms with Crippen LogP contribution < -0.4 is 10.6 Å². The van der Waals surface area contributed by atoms with Crippen molar-refractivity contribution in [2.24, 2.45) is 0 Å². The monoisotopic (exact) mass is 240 g/mol. The molecule has 2 N–H and O–H groups in total. The molecular weight excluding hydrogens is 220 g/mol. The van der Waals surface area contributed by atoms with Crippen LogP contribution in [0.5, 0.6) is 0 Å². The molecule has 1 rings (SSSR count). The van der Waals surface area contributed by atoms with Crippen molar-refractivity contribution in [3.8, 4) is 0 Å². The van der Waals surface area contributed by atoms with E-state index in [1.807, 2.05) is 13.8 Å². The Hall–Kier alpha value is -0.870. The second kappa shape index (κ2) is 7.41. The van der Waals surface area contributed by atoms with Crippen molar-refractivity contribution < 1.29 is 4.79 Å². The van der Waals surface area contributed by atoms with E-state index in [2.05, 4.69) is 27.5 Å². The number of nitrogens with one attached hydrogen (secondary N) is 2. The molecule has 0 atom stereocenters. The highest BCUT2D eigenvalue weighted by atomic mass is 32.1. The molecular formula is C12H20N2OS. The second-order valence-electron chi connectivity index (χ2n) is 4.10. The Morgan fingerprint density at radius 3 is 2.88 bits per heavy atom. The highest BCUT2D eigenvalue weighted by molar-refractivity contribution is 7.07. The van der Waals surface area contributed by atoms with Gasteiger partial charge in [-0.1, -0.05) is 0 Å². The Morgan fingerprint density at radius 2 is 2.25 bits per heavy atom. The number of hydrogen-bond acceptors (Lipinski definition) is 3. The Balaban J connectivity index is 1.98. The molecule has 0 saturated carbocycles. The summed E-state index contributed by atoms with van der Waals surface area (Å²) in [5.74, 6) is 0.123. The summed E-state index contributed by atoms with van der Waals surface area (Å²) in [5.41, 5.74) is 1.36. The van der Waals surface area contributed by atoms with Gasteiger partial charge in [0.05, 0.1) is 0 Å². The van der Waals surface area contributed by atoms with Crippen molar-refractivity contribution >= 4 is 17.2 Å². The van der Waals surface area contributed by atoms with Gasteiger partial charge in [-0.25, -0.2) is 0 Å². The van der Waals surface area contributed by atoms with Gasteiger partial charge < -0.3 is 10.6 Å². The highest BCUT2D eigenvalue weighted by Crippen LogP contribution is 2.05. The maximum atomic E-state index is 11.3. The number of hydrogen-bond donors (Lipinski definition) is 2. The van der Waals surface area contributed by atoms with Crippen molar-refractivity contribution in [1.29, 1.82) is 0 Å². The van der Waals surface area contributed by atoms with Gasteiger partial charge in [0.15, 0.2) is 0 Å². The minimum Gasteiger partial charge on any atom is -0.354 e. The Bertz CT molecular complexity index is 296. The predicted octanol–water partition coefficient (Wildman–Crippen LogP) is 1.79. The van der Waals surface area contributed by atoms with E-state index in [0.29, 0.717) is 6.42 Å². The zero-order valence-electron chi connectivity index (χ0n) is 9.95. The first-order chi connectivity index (χ1) is 7.68. The van der Waals surface area contributed by atoms with Gasteiger partial charge in [-0.05, 0) is 49.2 Å². The van der Waals surface area contributed by atoms with Gasteiger partial charge in [0.2, 0.25) is 5.91 Å². The van der Waals surface area contributed by atoms with Crippen molar-refractivity contribution in [3.05, 3.63) is 22.4 Å². The molecule has 1 aromatic heterocycles. The Labute approximate surface area is 101 Å². The van der Waals surface area contributed by atoms with Crippen LogP contribution in [0.15, 0.2) is 16.8 Å². The average molecular weight is 240 g/mol. The lowest BCUT2D eigenvalue weighted by atomic mass is 10.2. The van der Waals surface area contributed by atoms with E-state index in [0.717, 1.165) is 19.5 Å². The van der Waals surface area contributed by atoms with Crippen LogP contribution in [-0.4, -0.2) is 25.0 Å². The lowest BCUT2D eigenvalue weighted by molar-refractivity contribution is -0.121. The van der Waals surface area contributed by atoms with Gasteiger partial charge >= 0.3 is 0 Å². The van der Waals surface area contributed by atoms with E-state index in [1.165, 1.54) is 5.56 Å². The minimum absolute atomic E-state index is 0.123. The normalized spacial score (nSPS) is 10.7. The molecule has 0 spiro atoms. The molecule has 1 heterocycles. The summed E-state index contributed by atoms with van der Waals surface area (Å²) in [6.45, 7) is 5.64. The standard InChI is InChI=1S/C12H20N2OS/c1-10(2)14-12(15)4-7-13-6-3-11-5-8-16-9-11/h5,8-10,13H,3-4,6-7H2,1-2H3,(H,14,15). The quantitative estimate of drug-likeness (QED) is 0.714. The predicted molar refractivity (Wildman–Crippen MR) is 68.8 cm³/mol. The number of carbonyl (C=O) groups is 1. The molecule has 0 unspecified atom stereocenters. The van der Waals surface area contributed by atoms with E-state index in [4.69, 9.17) is 0 Å². The zero-order chi connectivity index (χ0) is 11.8. The van der Waals surface area contributed by atoms with Crippen LogP contribution in [0.2, 0.25) is 0 Å². The lowest BCUT2D eigenvalue weighted by Gasteiger charge is -2.08. The Kier molecular flexibility index (Phi) is 6.11. The van der Waals surface area contributed by atoms with Crippen LogP contribution in [-0.2, 0) is 11.2 Å². The van der Waals surface area contributed by atoms with Crippen molar-refractivity contribution in [3.63, 3.8) is 0 Å². The molecule has 0 saturated heterocycles. The molecule has 0 aromatic carbocycles. The maximum absolute atomic E-state index is 11.3. The number of rotatable bonds is 7. The molecule has 0 radical (unpaired) electrons. The lowest BCUT2D eigenvalue weighted by Crippen LogP contribution is -2.32. The first kappa shape index (κ1) is 13.2. The van der Waals surface area contributed by atoms with E-state index in [1.54, 1.807) is 11.3 Å². The zero-order valence-corrected chi connectivity index (χ0v) is 10.8. The summed E-state index contributed by atoms with van der Waals surface area (Å²) >= 11 is 1.72. The summed E-state index contributed by atoms with van der Waals surface area (Å²) in [6.07, 6.45) is 1.59. The number of carbonyl (C=O) groups excluding carboxylic acids is 1. The summed E-state index contributed by atoms with van der Waals surface area (Å²) in [6, 6.07) is 2.37. The van der Waals surface area contributed by atoms with Crippen LogP contribution in [0.4, 0.5) is 0 Å². The van der Waals surface area contributed by atoms with Gasteiger partial charge in [0.1, 0.15) is 0 Å². The first-order valence-corrected chi connectivity index (χ1v) is 6.64. The smallest absolute Gasteiger partial charge is 0.221 e. The van der Waals surface area contributed by atoms with E-state index in [9.17, 15) is 4.79 Å². The second-order valence-corrected chi connectivity index (χ2v) is 4.88. The largest absolute Gasteiger partial charge is 0.354 e. The molecule has 0 aliphatic heterocycles. The molecule has 0 aliphatic rings. The van der Waals surface area contributed by atoms with Crippen LogP contribution in [0.25, 0.3) is 0 Å². The van der Waals surface area contributed by atoms with Gasteiger partial charge in [0.25, 0.3) is 0 Å². The maximum Gasteiger partial charge on any atom is 0.221 e. The Morgan fingerprint density at radius 1 is 1.44 bits per heavy atom. The first-order valence-electron chi connectivity index (χ1n) is 5.69. The van der Waals surface area contributed by atoms with Crippen molar-refractivity contribution in [2.45, 2.75) is 32.7 Å². The third-order valence-corrected chi connectivity index (χ3v) is 2.88. The van der Waals surface area contributed by atoms with Gasteiger partial charge in [0, 0.05) is 19.0 Å². The van der Waals surface area contributed by atoms with Gasteiger partial charge in [-0.3, -0.25) is 4.79 Å². The molecule has 1 amide bonds. The molecule has 0 bridgehead atoms. The molecule has 3 nitrogen and oxygen atoms in total. The van der Waals surface area contributed by atoms with Crippen molar-refractivity contribution in [2.75, 3.05) is 13.1 Å². The molecule has 0 fully saturated rings. The van der Waals surface area contributed by atoms with Gasteiger partial charge in [-0.2, -0.15) is 11.3 Å². The number of thiophene rings is 1. The molecule has 4 heteroatoms. The van der Waals surface area contributed by atoms with Crippen molar-refractivity contribution in [1.82, 2.24) is 10.6 Å². The van der Waals surface area contributed by atoms with E-state index in [-0.39, 0.29) is 11.9 Å². The van der Waals surface area contributed by atoms with Crippen LogP contribution in [0, 0.1) is 0 Å². The minimum atomic E-state index is 0.123. The molecule has 0 aliphatic carbocycles. The fourth-order valence-corrected chi connectivity index (χ4v) is 2.09.